The summed E-state index contributed by atoms with van der Waals surface area (Å²) in [7, 11) is -1.36. The summed E-state index contributed by atoms with van der Waals surface area (Å²) in [5, 5.41) is 3.22. The molecular formula is C10H22N2O2S. The summed E-state index contributed by atoms with van der Waals surface area (Å²) in [4.78, 5) is 0. The maximum absolute atomic E-state index is 11.9. The summed E-state index contributed by atoms with van der Waals surface area (Å²) >= 11 is 0. The van der Waals surface area contributed by atoms with Gasteiger partial charge in [-0.1, -0.05) is 13.3 Å². The molecule has 0 amide bonds. The second-order valence-corrected chi connectivity index (χ2v) is 6.37. The number of nitrogens with zero attached hydrogens (tertiary/aromatic N) is 1. The highest BCUT2D eigenvalue weighted by Crippen LogP contribution is 2.10. The molecule has 0 aromatic heterocycles. The molecule has 0 aromatic carbocycles. The number of sulfonamides is 1. The Bertz CT molecular complexity index is 271. The van der Waals surface area contributed by atoms with Crippen molar-refractivity contribution in [1.29, 1.82) is 0 Å². The van der Waals surface area contributed by atoms with Crippen molar-refractivity contribution >= 4 is 10.0 Å². The molecule has 1 rings (SSSR count). The summed E-state index contributed by atoms with van der Waals surface area (Å²) in [6.45, 7) is 3.67. The normalized spacial score (nSPS) is 22.5. The third kappa shape index (κ3) is 4.09. The molecule has 5 heteroatoms. The third-order valence-electron chi connectivity index (χ3n) is 2.88. The molecule has 1 fully saturated rings. The van der Waals surface area contributed by atoms with Crippen molar-refractivity contribution in [3.8, 4) is 0 Å². The number of hydrogen-bond acceptors (Lipinski definition) is 3. The van der Waals surface area contributed by atoms with Gasteiger partial charge in [-0.3, -0.25) is 0 Å². The fraction of sp³-hybridized carbons (Fsp3) is 1.00. The SMILES string of the molecule is CCCCN(C)S(=O)(=O)CC1CCCN1. The van der Waals surface area contributed by atoms with E-state index >= 15 is 0 Å². The van der Waals surface area contributed by atoms with Crippen LogP contribution >= 0.6 is 0 Å². The second-order valence-electron chi connectivity index (χ2n) is 4.25. The van der Waals surface area contributed by atoms with Crippen molar-refractivity contribution < 1.29 is 8.42 Å². The number of rotatable bonds is 6. The first-order chi connectivity index (χ1) is 7.06. The van der Waals surface area contributed by atoms with Crippen LogP contribution in [0.15, 0.2) is 0 Å². The molecule has 1 aliphatic rings. The average molecular weight is 234 g/mol. The molecule has 0 aliphatic carbocycles. The van der Waals surface area contributed by atoms with Crippen molar-refractivity contribution in [3.05, 3.63) is 0 Å². The van der Waals surface area contributed by atoms with Gasteiger partial charge in [0.15, 0.2) is 0 Å². The molecule has 1 aliphatic heterocycles. The Morgan fingerprint density at radius 1 is 1.47 bits per heavy atom. The van der Waals surface area contributed by atoms with Crippen LogP contribution in [0, 0.1) is 0 Å². The lowest BCUT2D eigenvalue weighted by Crippen LogP contribution is -2.38. The van der Waals surface area contributed by atoms with Crippen LogP contribution in [0.5, 0.6) is 0 Å². The highest BCUT2D eigenvalue weighted by Gasteiger charge is 2.24. The van der Waals surface area contributed by atoms with E-state index in [1.54, 1.807) is 7.05 Å². The van der Waals surface area contributed by atoms with Gasteiger partial charge in [0.2, 0.25) is 10.0 Å². The minimum Gasteiger partial charge on any atom is -0.313 e. The minimum atomic E-state index is -3.05. The maximum atomic E-state index is 11.9. The summed E-state index contributed by atoms with van der Waals surface area (Å²) in [5.41, 5.74) is 0. The van der Waals surface area contributed by atoms with E-state index in [1.807, 2.05) is 0 Å². The molecule has 4 nitrogen and oxygen atoms in total. The summed E-state index contributed by atoms with van der Waals surface area (Å²) in [6.07, 6.45) is 4.05. The van der Waals surface area contributed by atoms with Gasteiger partial charge in [-0.15, -0.1) is 0 Å². The van der Waals surface area contributed by atoms with Gasteiger partial charge in [0.25, 0.3) is 0 Å². The molecule has 1 unspecified atom stereocenters. The molecule has 0 saturated carbocycles. The molecule has 0 bridgehead atoms. The summed E-state index contributed by atoms with van der Waals surface area (Å²) < 4.78 is 25.3. The Kier molecular flexibility index (Phi) is 5.02. The van der Waals surface area contributed by atoms with E-state index in [0.29, 0.717) is 6.54 Å². The maximum Gasteiger partial charge on any atom is 0.215 e. The Morgan fingerprint density at radius 2 is 2.20 bits per heavy atom. The molecular weight excluding hydrogens is 212 g/mol. The van der Waals surface area contributed by atoms with Gasteiger partial charge in [-0.25, -0.2) is 12.7 Å². The van der Waals surface area contributed by atoms with Crippen LogP contribution in [0.25, 0.3) is 0 Å². The molecule has 1 N–H and O–H groups in total. The second kappa shape index (κ2) is 5.82. The predicted molar refractivity (Wildman–Crippen MR) is 62.3 cm³/mol. The van der Waals surface area contributed by atoms with Gasteiger partial charge in [-0.2, -0.15) is 0 Å². The number of unbranched alkanes of at least 4 members (excludes halogenated alkanes) is 1. The number of hydrogen-bond donors (Lipinski definition) is 1. The van der Waals surface area contributed by atoms with Crippen molar-refractivity contribution in [3.63, 3.8) is 0 Å². The third-order valence-corrected chi connectivity index (χ3v) is 4.83. The minimum absolute atomic E-state index is 0.166. The topological polar surface area (TPSA) is 49.4 Å². The van der Waals surface area contributed by atoms with Crippen molar-refractivity contribution in [2.24, 2.45) is 0 Å². The first kappa shape index (κ1) is 12.9. The van der Waals surface area contributed by atoms with E-state index in [2.05, 4.69) is 12.2 Å². The van der Waals surface area contributed by atoms with Crippen LogP contribution in [0.2, 0.25) is 0 Å². The van der Waals surface area contributed by atoms with Crippen molar-refractivity contribution in [2.75, 3.05) is 25.9 Å². The lowest BCUT2D eigenvalue weighted by Gasteiger charge is -2.19. The quantitative estimate of drug-likeness (QED) is 0.739. The fourth-order valence-electron chi connectivity index (χ4n) is 1.80. The molecule has 1 atom stereocenters. The van der Waals surface area contributed by atoms with Crippen LogP contribution in [0.4, 0.5) is 0 Å². The zero-order valence-electron chi connectivity index (χ0n) is 9.70. The highest BCUT2D eigenvalue weighted by atomic mass is 32.2. The zero-order chi connectivity index (χ0) is 11.3. The largest absolute Gasteiger partial charge is 0.313 e. The van der Waals surface area contributed by atoms with E-state index < -0.39 is 10.0 Å². The van der Waals surface area contributed by atoms with E-state index in [9.17, 15) is 8.42 Å². The first-order valence-corrected chi connectivity index (χ1v) is 7.34. The Morgan fingerprint density at radius 3 is 2.73 bits per heavy atom. The standard InChI is InChI=1S/C10H22N2O2S/c1-3-4-8-12(2)15(13,14)9-10-6-5-7-11-10/h10-11H,3-9H2,1-2H3. The van der Waals surface area contributed by atoms with Gasteiger partial charge in [0.1, 0.15) is 0 Å². The molecule has 90 valence electrons. The first-order valence-electron chi connectivity index (χ1n) is 5.73. The van der Waals surface area contributed by atoms with Crippen LogP contribution in [-0.4, -0.2) is 44.7 Å². The zero-order valence-corrected chi connectivity index (χ0v) is 10.5. The summed E-state index contributed by atoms with van der Waals surface area (Å²) in [6, 6.07) is 0.166. The van der Waals surface area contributed by atoms with Crippen molar-refractivity contribution in [1.82, 2.24) is 9.62 Å². The van der Waals surface area contributed by atoms with Crippen LogP contribution in [0.3, 0.4) is 0 Å². The molecule has 0 aromatic rings. The number of nitrogens with one attached hydrogen (secondary N) is 1. The Hall–Kier alpha value is -0.130. The lowest BCUT2D eigenvalue weighted by molar-refractivity contribution is 0.453. The molecule has 15 heavy (non-hydrogen) atoms. The van der Waals surface area contributed by atoms with Gasteiger partial charge in [0, 0.05) is 19.6 Å². The van der Waals surface area contributed by atoms with E-state index in [-0.39, 0.29) is 11.8 Å². The Labute approximate surface area is 93.1 Å². The van der Waals surface area contributed by atoms with Crippen LogP contribution in [0.1, 0.15) is 32.6 Å². The van der Waals surface area contributed by atoms with Crippen LogP contribution in [-0.2, 0) is 10.0 Å². The molecule has 1 saturated heterocycles. The van der Waals surface area contributed by atoms with E-state index in [1.165, 1.54) is 4.31 Å². The predicted octanol–water partition coefficient (Wildman–Crippen LogP) is 0.800. The van der Waals surface area contributed by atoms with Crippen LogP contribution < -0.4 is 5.32 Å². The molecule has 0 radical (unpaired) electrons. The van der Waals surface area contributed by atoms with E-state index in [0.717, 1.165) is 32.2 Å². The van der Waals surface area contributed by atoms with Gasteiger partial charge in [0.05, 0.1) is 5.75 Å². The highest BCUT2D eigenvalue weighted by molar-refractivity contribution is 7.89. The molecule has 0 spiro atoms. The Balaban J connectivity index is 2.42. The fourth-order valence-corrected chi connectivity index (χ4v) is 3.26. The average Bonchev–Trinajstić information content (AvgIpc) is 2.65. The van der Waals surface area contributed by atoms with Gasteiger partial charge >= 0.3 is 0 Å². The monoisotopic (exact) mass is 234 g/mol. The van der Waals surface area contributed by atoms with Gasteiger partial charge < -0.3 is 5.32 Å². The lowest BCUT2D eigenvalue weighted by atomic mass is 10.3. The van der Waals surface area contributed by atoms with Crippen molar-refractivity contribution in [2.45, 2.75) is 38.6 Å². The summed E-state index contributed by atoms with van der Waals surface area (Å²) in [5.74, 6) is 0.257. The van der Waals surface area contributed by atoms with Gasteiger partial charge in [-0.05, 0) is 25.8 Å². The van der Waals surface area contributed by atoms with E-state index in [4.69, 9.17) is 0 Å². The molecule has 1 heterocycles. The smallest absolute Gasteiger partial charge is 0.215 e.